The first-order chi connectivity index (χ1) is 10.2. The van der Waals surface area contributed by atoms with E-state index in [0.29, 0.717) is 13.0 Å². The summed E-state index contributed by atoms with van der Waals surface area (Å²) in [4.78, 5) is 0. The summed E-state index contributed by atoms with van der Waals surface area (Å²) < 4.78 is 7.62. The number of benzene rings is 1. The zero-order valence-corrected chi connectivity index (χ0v) is 12.5. The molecule has 0 spiro atoms. The van der Waals surface area contributed by atoms with Crippen LogP contribution in [0, 0.1) is 18.8 Å². The molecule has 21 heavy (non-hydrogen) atoms. The van der Waals surface area contributed by atoms with Gasteiger partial charge in [0.2, 0.25) is 0 Å². The van der Waals surface area contributed by atoms with Gasteiger partial charge < -0.3 is 9.84 Å². The van der Waals surface area contributed by atoms with Gasteiger partial charge in [0.25, 0.3) is 0 Å². The molecule has 110 valence electrons. The summed E-state index contributed by atoms with van der Waals surface area (Å²) in [5.41, 5.74) is 3.16. The van der Waals surface area contributed by atoms with Crippen molar-refractivity contribution in [1.29, 1.82) is 0 Å². The molecule has 0 amide bonds. The first-order valence-electron chi connectivity index (χ1n) is 7.00. The first kappa shape index (κ1) is 15.1. The van der Waals surface area contributed by atoms with E-state index in [-0.39, 0.29) is 6.61 Å². The second kappa shape index (κ2) is 7.51. The molecular weight excluding hydrogens is 264 g/mol. The molecular formula is C17H20N2O2. The highest BCUT2D eigenvalue weighted by atomic mass is 16.5. The third kappa shape index (κ3) is 4.66. The van der Waals surface area contributed by atoms with E-state index in [0.717, 1.165) is 28.9 Å². The third-order valence-corrected chi connectivity index (χ3v) is 3.00. The van der Waals surface area contributed by atoms with Crippen LogP contribution in [0.1, 0.15) is 23.1 Å². The number of ether oxygens (including phenoxy) is 1. The number of aryl methyl sites for hydroxylation is 2. The SMILES string of the molecule is Cc1ccc(OCCc2cnn(C)c2)c(C#CCCO)c1. The maximum atomic E-state index is 8.80. The molecule has 0 aliphatic heterocycles. The fraction of sp³-hybridized carbons (Fsp3) is 0.353. The molecule has 0 unspecified atom stereocenters. The van der Waals surface area contributed by atoms with E-state index in [1.807, 2.05) is 44.6 Å². The van der Waals surface area contributed by atoms with Crippen molar-refractivity contribution in [2.75, 3.05) is 13.2 Å². The molecule has 0 fully saturated rings. The lowest BCUT2D eigenvalue weighted by Gasteiger charge is -2.08. The van der Waals surface area contributed by atoms with Crippen LogP contribution in [0.15, 0.2) is 30.6 Å². The minimum Gasteiger partial charge on any atom is -0.492 e. The highest BCUT2D eigenvalue weighted by Gasteiger charge is 2.03. The molecule has 0 atom stereocenters. The van der Waals surface area contributed by atoms with Crippen LogP contribution < -0.4 is 4.74 Å². The summed E-state index contributed by atoms with van der Waals surface area (Å²) in [5.74, 6) is 6.78. The number of rotatable bonds is 5. The van der Waals surface area contributed by atoms with Gasteiger partial charge in [0.05, 0.1) is 25.0 Å². The van der Waals surface area contributed by atoms with Crippen LogP contribution in [0.3, 0.4) is 0 Å². The average molecular weight is 284 g/mol. The van der Waals surface area contributed by atoms with E-state index in [9.17, 15) is 0 Å². The molecule has 4 nitrogen and oxygen atoms in total. The van der Waals surface area contributed by atoms with Crippen LogP contribution in [0.5, 0.6) is 5.75 Å². The lowest BCUT2D eigenvalue weighted by molar-refractivity contribution is 0.305. The quantitative estimate of drug-likeness (QED) is 0.855. The van der Waals surface area contributed by atoms with Crippen LogP contribution >= 0.6 is 0 Å². The Morgan fingerprint density at radius 1 is 1.38 bits per heavy atom. The van der Waals surface area contributed by atoms with Crippen molar-refractivity contribution in [2.45, 2.75) is 19.8 Å². The summed E-state index contributed by atoms with van der Waals surface area (Å²) in [7, 11) is 1.90. The predicted octanol–water partition coefficient (Wildman–Crippen LogP) is 2.08. The van der Waals surface area contributed by atoms with Crippen molar-refractivity contribution >= 4 is 0 Å². The smallest absolute Gasteiger partial charge is 0.134 e. The minimum absolute atomic E-state index is 0.0794. The maximum Gasteiger partial charge on any atom is 0.134 e. The molecule has 0 saturated carbocycles. The van der Waals surface area contributed by atoms with Gasteiger partial charge in [-0.15, -0.1) is 0 Å². The van der Waals surface area contributed by atoms with E-state index in [2.05, 4.69) is 16.9 Å². The normalized spacial score (nSPS) is 10.0. The molecule has 0 radical (unpaired) electrons. The molecule has 1 N–H and O–H groups in total. The summed E-state index contributed by atoms with van der Waals surface area (Å²) in [5, 5.41) is 12.9. The van der Waals surface area contributed by atoms with Crippen LogP contribution in [0.25, 0.3) is 0 Å². The Hall–Kier alpha value is -2.25. The monoisotopic (exact) mass is 284 g/mol. The fourth-order valence-corrected chi connectivity index (χ4v) is 1.96. The van der Waals surface area contributed by atoms with E-state index >= 15 is 0 Å². The highest BCUT2D eigenvalue weighted by Crippen LogP contribution is 2.19. The second-order valence-electron chi connectivity index (χ2n) is 4.90. The number of nitrogens with zero attached hydrogens (tertiary/aromatic N) is 2. The van der Waals surface area contributed by atoms with Crippen molar-refractivity contribution in [3.05, 3.63) is 47.3 Å². The molecule has 4 heteroatoms. The van der Waals surface area contributed by atoms with Gasteiger partial charge in [0.15, 0.2) is 0 Å². The molecule has 0 bridgehead atoms. The Kier molecular flexibility index (Phi) is 5.42. The van der Waals surface area contributed by atoms with Gasteiger partial charge in [-0.2, -0.15) is 5.10 Å². The molecule has 2 aromatic rings. The molecule has 0 aliphatic rings. The number of aliphatic hydroxyl groups is 1. The lowest BCUT2D eigenvalue weighted by Crippen LogP contribution is -2.02. The van der Waals surface area contributed by atoms with Crippen molar-refractivity contribution in [2.24, 2.45) is 7.05 Å². The van der Waals surface area contributed by atoms with Crippen LogP contribution in [0.2, 0.25) is 0 Å². The molecule has 0 saturated heterocycles. The Morgan fingerprint density at radius 3 is 2.95 bits per heavy atom. The molecule has 1 heterocycles. The van der Waals surface area contributed by atoms with Crippen molar-refractivity contribution in [3.63, 3.8) is 0 Å². The second-order valence-corrected chi connectivity index (χ2v) is 4.90. The zero-order chi connectivity index (χ0) is 15.1. The number of aliphatic hydroxyl groups excluding tert-OH is 1. The maximum absolute atomic E-state index is 8.80. The van der Waals surface area contributed by atoms with Gasteiger partial charge in [-0.25, -0.2) is 0 Å². The lowest BCUT2D eigenvalue weighted by atomic mass is 10.1. The van der Waals surface area contributed by atoms with Crippen LogP contribution in [-0.2, 0) is 13.5 Å². The average Bonchev–Trinajstić information content (AvgIpc) is 2.87. The minimum atomic E-state index is 0.0794. The fourth-order valence-electron chi connectivity index (χ4n) is 1.96. The molecule has 1 aromatic heterocycles. The number of hydrogen-bond acceptors (Lipinski definition) is 3. The summed E-state index contributed by atoms with van der Waals surface area (Å²) in [6, 6.07) is 5.96. The molecule has 2 rings (SSSR count). The van der Waals surface area contributed by atoms with Gasteiger partial charge in [0, 0.05) is 26.1 Å². The Labute approximate surface area is 125 Å². The number of hydrogen-bond donors (Lipinski definition) is 1. The Balaban J connectivity index is 2.00. The van der Waals surface area contributed by atoms with E-state index in [1.165, 1.54) is 0 Å². The van der Waals surface area contributed by atoms with Crippen molar-refractivity contribution in [1.82, 2.24) is 9.78 Å². The number of aromatic nitrogens is 2. The van der Waals surface area contributed by atoms with E-state index < -0.39 is 0 Å². The van der Waals surface area contributed by atoms with Gasteiger partial charge in [-0.05, 0) is 30.2 Å². The van der Waals surface area contributed by atoms with Crippen molar-refractivity contribution in [3.8, 4) is 17.6 Å². The van der Waals surface area contributed by atoms with Gasteiger partial charge in [-0.3, -0.25) is 4.68 Å². The summed E-state index contributed by atoms with van der Waals surface area (Å²) in [6.45, 7) is 2.69. The summed E-state index contributed by atoms with van der Waals surface area (Å²) >= 11 is 0. The Bertz CT molecular complexity index is 650. The molecule has 0 aliphatic carbocycles. The standard InChI is InChI=1S/C17H20N2O2/c1-14-6-7-17(16(11-14)5-3-4-9-20)21-10-8-15-12-18-19(2)13-15/h6-7,11-13,20H,4,8-10H2,1-2H3. The van der Waals surface area contributed by atoms with Crippen LogP contribution in [0.4, 0.5) is 0 Å². The third-order valence-electron chi connectivity index (χ3n) is 3.00. The first-order valence-corrected chi connectivity index (χ1v) is 7.00. The highest BCUT2D eigenvalue weighted by molar-refractivity contribution is 5.48. The summed E-state index contributed by atoms with van der Waals surface area (Å²) in [6.07, 6.45) is 5.12. The van der Waals surface area contributed by atoms with Gasteiger partial charge >= 0.3 is 0 Å². The van der Waals surface area contributed by atoms with Crippen LogP contribution in [-0.4, -0.2) is 28.1 Å². The predicted molar refractivity (Wildman–Crippen MR) is 82.2 cm³/mol. The topological polar surface area (TPSA) is 47.3 Å². The van der Waals surface area contributed by atoms with E-state index in [1.54, 1.807) is 4.68 Å². The molecule has 1 aromatic carbocycles. The Morgan fingerprint density at radius 2 is 2.24 bits per heavy atom. The zero-order valence-electron chi connectivity index (χ0n) is 12.5. The van der Waals surface area contributed by atoms with Crippen molar-refractivity contribution < 1.29 is 9.84 Å². The van der Waals surface area contributed by atoms with Gasteiger partial charge in [0.1, 0.15) is 5.75 Å². The largest absolute Gasteiger partial charge is 0.492 e. The van der Waals surface area contributed by atoms with Gasteiger partial charge in [-0.1, -0.05) is 17.9 Å². The van der Waals surface area contributed by atoms with E-state index in [4.69, 9.17) is 9.84 Å².